The Morgan fingerprint density at radius 3 is 2.43 bits per heavy atom. The van der Waals surface area contributed by atoms with Crippen LogP contribution < -0.4 is 15.8 Å². The van der Waals surface area contributed by atoms with Crippen LogP contribution in [0.25, 0.3) is 0 Å². The van der Waals surface area contributed by atoms with Crippen molar-refractivity contribution in [3.8, 4) is 0 Å². The number of carbonyl (C=O) groups excluding carboxylic acids is 1. The van der Waals surface area contributed by atoms with E-state index in [1.165, 1.54) is 24.3 Å². The number of ether oxygens (including phenoxy) is 1. The molecule has 1 heterocycles. The van der Waals surface area contributed by atoms with Crippen molar-refractivity contribution in [2.45, 2.75) is 17.7 Å². The Morgan fingerprint density at radius 2 is 1.91 bits per heavy atom. The Kier molecular flexibility index (Phi) is 5.74. The topological polar surface area (TPSA) is 111 Å². The molecule has 2 rings (SSSR count). The van der Waals surface area contributed by atoms with Crippen LogP contribution in [0.1, 0.15) is 23.2 Å². The number of carbonyl (C=O) groups is 1. The molecule has 0 atom stereocenters. The maximum atomic E-state index is 12.4. The molecule has 1 aromatic rings. The van der Waals surface area contributed by atoms with E-state index in [4.69, 9.17) is 10.5 Å². The number of nitrogens with two attached hydrogens (primary N) is 1. The lowest BCUT2D eigenvalue weighted by molar-refractivity contribution is 0.0577. The van der Waals surface area contributed by atoms with E-state index in [0.717, 1.165) is 25.9 Å². The van der Waals surface area contributed by atoms with Crippen molar-refractivity contribution in [1.29, 1.82) is 0 Å². The van der Waals surface area contributed by atoms with Gasteiger partial charge in [0.2, 0.25) is 15.9 Å². The highest BCUT2D eigenvalue weighted by atomic mass is 32.2. The van der Waals surface area contributed by atoms with Crippen LogP contribution in [-0.4, -0.2) is 47.7 Å². The van der Waals surface area contributed by atoms with Crippen LogP contribution in [0.4, 0.5) is 0 Å². The summed E-state index contributed by atoms with van der Waals surface area (Å²) < 4.78 is 32.8. The third-order valence-corrected chi connectivity index (χ3v) is 5.62. The summed E-state index contributed by atoms with van der Waals surface area (Å²) in [4.78, 5) is 11.2. The molecule has 7 nitrogen and oxygen atoms in total. The summed E-state index contributed by atoms with van der Waals surface area (Å²) in [6.07, 6.45) is 1.70. The van der Waals surface area contributed by atoms with Gasteiger partial charge in [0.05, 0.1) is 11.5 Å². The fourth-order valence-electron chi connectivity index (χ4n) is 2.77. The Bertz CT molecular complexity index is 632. The van der Waals surface area contributed by atoms with Crippen LogP contribution >= 0.6 is 0 Å². The number of piperidine rings is 1. The number of benzene rings is 1. The van der Waals surface area contributed by atoms with Crippen LogP contribution in [0.15, 0.2) is 29.2 Å². The van der Waals surface area contributed by atoms with E-state index in [-0.39, 0.29) is 15.9 Å². The van der Waals surface area contributed by atoms with Crippen molar-refractivity contribution in [1.82, 2.24) is 10.0 Å². The number of nitrogens with one attached hydrogen (secondary N) is 2. The number of sulfonamides is 1. The molecule has 0 spiro atoms. The zero-order valence-electron chi connectivity index (χ0n) is 13.2. The minimum Gasteiger partial charge on any atom is -0.384 e. The molecule has 0 radical (unpaired) electrons. The Morgan fingerprint density at radius 1 is 1.30 bits per heavy atom. The summed E-state index contributed by atoms with van der Waals surface area (Å²) in [5.41, 5.74) is 5.24. The van der Waals surface area contributed by atoms with Gasteiger partial charge in [0.15, 0.2) is 0 Å². The SMILES string of the molecule is COCC1(CNS(=O)(=O)c2ccc(C(N)=O)cc2)CCNCC1. The largest absolute Gasteiger partial charge is 0.384 e. The lowest BCUT2D eigenvalue weighted by atomic mass is 9.80. The summed E-state index contributed by atoms with van der Waals surface area (Å²) in [6.45, 7) is 2.52. The van der Waals surface area contributed by atoms with E-state index in [0.29, 0.717) is 13.2 Å². The average molecular weight is 341 g/mol. The van der Waals surface area contributed by atoms with Gasteiger partial charge in [0, 0.05) is 24.6 Å². The predicted molar refractivity (Wildman–Crippen MR) is 86.6 cm³/mol. The van der Waals surface area contributed by atoms with Gasteiger partial charge < -0.3 is 15.8 Å². The number of hydrogen-bond donors (Lipinski definition) is 3. The molecule has 0 saturated carbocycles. The number of primary amides is 1. The first-order valence-corrected chi connectivity index (χ1v) is 8.96. The molecule has 8 heteroatoms. The van der Waals surface area contributed by atoms with E-state index in [9.17, 15) is 13.2 Å². The molecule has 1 saturated heterocycles. The van der Waals surface area contributed by atoms with Crippen LogP contribution in [0.2, 0.25) is 0 Å². The van der Waals surface area contributed by atoms with Gasteiger partial charge in [-0.05, 0) is 50.2 Å². The van der Waals surface area contributed by atoms with Crippen molar-refractivity contribution in [3.05, 3.63) is 29.8 Å². The molecule has 4 N–H and O–H groups in total. The summed E-state index contributed by atoms with van der Waals surface area (Å²) >= 11 is 0. The number of methoxy groups -OCH3 is 1. The molecule has 0 aliphatic carbocycles. The summed E-state index contributed by atoms with van der Waals surface area (Å²) in [6, 6.07) is 5.58. The van der Waals surface area contributed by atoms with E-state index >= 15 is 0 Å². The molecule has 0 bridgehead atoms. The van der Waals surface area contributed by atoms with Gasteiger partial charge in [-0.15, -0.1) is 0 Å². The Balaban J connectivity index is 2.09. The average Bonchev–Trinajstić information content (AvgIpc) is 2.54. The molecule has 1 amide bonds. The third-order valence-electron chi connectivity index (χ3n) is 4.20. The van der Waals surface area contributed by atoms with E-state index < -0.39 is 15.9 Å². The molecule has 1 aliphatic rings. The second kappa shape index (κ2) is 7.39. The highest BCUT2D eigenvalue weighted by molar-refractivity contribution is 7.89. The van der Waals surface area contributed by atoms with Crippen LogP contribution in [0.3, 0.4) is 0 Å². The smallest absolute Gasteiger partial charge is 0.248 e. The zero-order valence-corrected chi connectivity index (χ0v) is 14.0. The maximum Gasteiger partial charge on any atom is 0.248 e. The molecule has 1 fully saturated rings. The van der Waals surface area contributed by atoms with Crippen LogP contribution in [0, 0.1) is 5.41 Å². The van der Waals surface area contributed by atoms with Crippen LogP contribution in [0.5, 0.6) is 0 Å². The number of hydrogen-bond acceptors (Lipinski definition) is 5. The van der Waals surface area contributed by atoms with Gasteiger partial charge in [-0.25, -0.2) is 13.1 Å². The number of rotatable bonds is 7. The lowest BCUT2D eigenvalue weighted by Crippen LogP contribution is -2.47. The van der Waals surface area contributed by atoms with Crippen LogP contribution in [-0.2, 0) is 14.8 Å². The highest BCUT2D eigenvalue weighted by Crippen LogP contribution is 2.28. The van der Waals surface area contributed by atoms with Crippen molar-refractivity contribution in [2.24, 2.45) is 11.1 Å². The monoisotopic (exact) mass is 341 g/mol. The molecule has 0 aromatic heterocycles. The van der Waals surface area contributed by atoms with E-state index in [1.54, 1.807) is 7.11 Å². The second-order valence-electron chi connectivity index (χ2n) is 5.90. The van der Waals surface area contributed by atoms with E-state index in [2.05, 4.69) is 10.0 Å². The van der Waals surface area contributed by atoms with Gasteiger partial charge in [0.1, 0.15) is 0 Å². The summed E-state index contributed by atoms with van der Waals surface area (Å²) in [5.74, 6) is -0.587. The molecular weight excluding hydrogens is 318 g/mol. The minimum atomic E-state index is -3.64. The van der Waals surface area contributed by atoms with Gasteiger partial charge >= 0.3 is 0 Å². The second-order valence-corrected chi connectivity index (χ2v) is 7.66. The first-order chi connectivity index (χ1) is 10.9. The van der Waals surface area contributed by atoms with Crippen molar-refractivity contribution in [3.63, 3.8) is 0 Å². The normalized spacial score (nSPS) is 17.8. The molecule has 1 aromatic carbocycles. The fourth-order valence-corrected chi connectivity index (χ4v) is 3.92. The van der Waals surface area contributed by atoms with Gasteiger partial charge in [-0.2, -0.15) is 0 Å². The first-order valence-electron chi connectivity index (χ1n) is 7.48. The van der Waals surface area contributed by atoms with Crippen molar-refractivity contribution >= 4 is 15.9 Å². The molecule has 0 unspecified atom stereocenters. The predicted octanol–water partition coefficient (Wildman–Crippen LogP) is 0.0800. The molecular formula is C15H23N3O4S. The third kappa shape index (κ3) is 4.51. The lowest BCUT2D eigenvalue weighted by Gasteiger charge is -2.37. The van der Waals surface area contributed by atoms with E-state index in [1.807, 2.05) is 0 Å². The van der Waals surface area contributed by atoms with Gasteiger partial charge in [-0.3, -0.25) is 4.79 Å². The molecule has 128 valence electrons. The Labute approximate surface area is 136 Å². The fraction of sp³-hybridized carbons (Fsp3) is 0.533. The quantitative estimate of drug-likeness (QED) is 0.650. The first kappa shape index (κ1) is 17.9. The molecule has 1 aliphatic heterocycles. The van der Waals surface area contributed by atoms with Crippen molar-refractivity contribution < 1.29 is 17.9 Å². The van der Waals surface area contributed by atoms with Gasteiger partial charge in [-0.1, -0.05) is 0 Å². The highest BCUT2D eigenvalue weighted by Gasteiger charge is 2.33. The zero-order chi connectivity index (χ0) is 16.9. The summed E-state index contributed by atoms with van der Waals surface area (Å²) in [7, 11) is -2.01. The standard InChI is InChI=1S/C15H23N3O4S/c1-22-11-15(6-8-17-9-7-15)10-18-23(20,21)13-4-2-12(3-5-13)14(16)19/h2-5,17-18H,6-11H2,1H3,(H2,16,19). The number of amides is 1. The maximum absolute atomic E-state index is 12.4. The van der Waals surface area contributed by atoms with Gasteiger partial charge in [0.25, 0.3) is 0 Å². The molecule has 23 heavy (non-hydrogen) atoms. The summed E-state index contributed by atoms with van der Waals surface area (Å²) in [5, 5.41) is 3.27. The Hall–Kier alpha value is -1.48. The minimum absolute atomic E-state index is 0.115. The van der Waals surface area contributed by atoms with Crippen molar-refractivity contribution in [2.75, 3.05) is 33.4 Å².